The van der Waals surface area contributed by atoms with Crippen molar-refractivity contribution in [2.24, 2.45) is 29.6 Å². The maximum atomic E-state index is 2.57. The molecule has 0 aromatic rings. The van der Waals surface area contributed by atoms with E-state index in [1.54, 1.807) is 12.8 Å². The fourth-order valence-electron chi connectivity index (χ4n) is 6.08. The highest BCUT2D eigenvalue weighted by atomic mass is 14.4. The Hall–Kier alpha value is 0. The summed E-state index contributed by atoms with van der Waals surface area (Å²) in [6, 6.07) is 0. The minimum absolute atomic E-state index is 0.984. The third-order valence-corrected chi connectivity index (χ3v) is 7.81. The van der Waals surface area contributed by atoms with Gasteiger partial charge in [0.25, 0.3) is 0 Å². The van der Waals surface area contributed by atoms with Crippen LogP contribution in [0.3, 0.4) is 0 Å². The fourth-order valence-corrected chi connectivity index (χ4v) is 6.08. The molecule has 0 aliphatic heterocycles. The molecule has 0 heteroatoms. The molecule has 5 unspecified atom stereocenters. The Bertz CT molecular complexity index is 320. The summed E-state index contributed by atoms with van der Waals surface area (Å²) in [5.41, 5.74) is 0. The topological polar surface area (TPSA) is 0 Å². The second-order valence-electron chi connectivity index (χ2n) is 9.93. The summed E-state index contributed by atoms with van der Waals surface area (Å²) in [4.78, 5) is 0. The van der Waals surface area contributed by atoms with E-state index < -0.39 is 0 Å². The molecular weight excluding hydrogens is 300 g/mol. The average molecular weight is 349 g/mol. The lowest BCUT2D eigenvalue weighted by Gasteiger charge is -2.38. The molecule has 0 aromatic heterocycles. The van der Waals surface area contributed by atoms with E-state index in [1.165, 1.54) is 96.3 Å². The van der Waals surface area contributed by atoms with Crippen LogP contribution in [0.15, 0.2) is 0 Å². The molecule has 0 bridgehead atoms. The maximum absolute atomic E-state index is 2.57. The summed E-state index contributed by atoms with van der Waals surface area (Å²) in [5, 5.41) is 0. The zero-order valence-electron chi connectivity index (χ0n) is 17.9. The van der Waals surface area contributed by atoms with Gasteiger partial charge in [-0.1, -0.05) is 117 Å². The molecule has 2 fully saturated rings. The van der Waals surface area contributed by atoms with Gasteiger partial charge in [0.05, 0.1) is 0 Å². The predicted molar refractivity (Wildman–Crippen MR) is 113 cm³/mol. The minimum atomic E-state index is 0.984. The summed E-state index contributed by atoms with van der Waals surface area (Å²) < 4.78 is 0. The van der Waals surface area contributed by atoms with E-state index in [0.29, 0.717) is 0 Å². The summed E-state index contributed by atoms with van der Waals surface area (Å²) in [6.07, 6.45) is 25.6. The van der Waals surface area contributed by atoms with Crippen molar-refractivity contribution in [2.45, 2.75) is 130 Å². The molecule has 0 nitrogen and oxygen atoms in total. The highest BCUT2D eigenvalue weighted by Gasteiger charge is 2.31. The molecule has 0 heterocycles. The van der Waals surface area contributed by atoms with Crippen LogP contribution in [0.4, 0.5) is 0 Å². The molecule has 0 N–H and O–H groups in total. The van der Waals surface area contributed by atoms with E-state index in [2.05, 4.69) is 20.8 Å². The molecule has 0 aromatic carbocycles. The Balaban J connectivity index is 1.89. The molecule has 25 heavy (non-hydrogen) atoms. The molecule has 5 atom stereocenters. The van der Waals surface area contributed by atoms with Gasteiger partial charge in [-0.15, -0.1) is 0 Å². The first-order valence-corrected chi connectivity index (χ1v) is 12.2. The monoisotopic (exact) mass is 348 g/mol. The molecule has 2 saturated carbocycles. The van der Waals surface area contributed by atoms with Gasteiger partial charge in [-0.3, -0.25) is 0 Å². The molecule has 0 amide bonds. The average Bonchev–Trinajstić information content (AvgIpc) is 2.60. The first kappa shape index (κ1) is 21.3. The van der Waals surface area contributed by atoms with Crippen molar-refractivity contribution in [3.63, 3.8) is 0 Å². The number of rotatable bonds is 2. The fraction of sp³-hybridized carbons (Fsp3) is 1.00. The SMILES string of the molecule is CCC1CCCCCCCCCCC(C2CCC(C)CC2C)CCC1. The Kier molecular flexibility index (Phi) is 10.6. The minimum Gasteiger partial charge on any atom is -0.0651 e. The molecule has 0 spiro atoms. The molecule has 148 valence electrons. The van der Waals surface area contributed by atoms with Gasteiger partial charge in [-0.25, -0.2) is 0 Å². The van der Waals surface area contributed by atoms with Gasteiger partial charge in [-0.05, 0) is 42.4 Å². The van der Waals surface area contributed by atoms with Gasteiger partial charge < -0.3 is 0 Å². The normalized spacial score (nSPS) is 37.8. The maximum Gasteiger partial charge on any atom is -0.0360 e. The number of hydrogen-bond donors (Lipinski definition) is 0. The van der Waals surface area contributed by atoms with Crippen LogP contribution in [-0.4, -0.2) is 0 Å². The van der Waals surface area contributed by atoms with E-state index in [0.717, 1.165) is 29.6 Å². The molecule has 2 rings (SSSR count). The van der Waals surface area contributed by atoms with Crippen molar-refractivity contribution in [1.29, 1.82) is 0 Å². The van der Waals surface area contributed by atoms with Crippen molar-refractivity contribution >= 4 is 0 Å². The van der Waals surface area contributed by atoms with Crippen molar-refractivity contribution in [3.05, 3.63) is 0 Å². The highest BCUT2D eigenvalue weighted by molar-refractivity contribution is 4.81. The van der Waals surface area contributed by atoms with Crippen LogP contribution in [0, 0.1) is 29.6 Å². The van der Waals surface area contributed by atoms with Gasteiger partial charge in [0.2, 0.25) is 0 Å². The van der Waals surface area contributed by atoms with Gasteiger partial charge >= 0.3 is 0 Å². The van der Waals surface area contributed by atoms with Crippen LogP contribution >= 0.6 is 0 Å². The molecule has 0 radical (unpaired) electrons. The van der Waals surface area contributed by atoms with Gasteiger partial charge in [0.15, 0.2) is 0 Å². The lowest BCUT2D eigenvalue weighted by molar-refractivity contribution is 0.124. The van der Waals surface area contributed by atoms with Crippen molar-refractivity contribution < 1.29 is 0 Å². The van der Waals surface area contributed by atoms with Gasteiger partial charge in [0, 0.05) is 0 Å². The van der Waals surface area contributed by atoms with Crippen LogP contribution in [0.2, 0.25) is 0 Å². The standard InChI is InChI=1S/C25H48/c1-4-23-14-11-9-7-5-6-8-10-12-16-24(17-13-15-23)25-19-18-21(2)20-22(25)3/h21-25H,4-20H2,1-3H3. The summed E-state index contributed by atoms with van der Waals surface area (Å²) in [6.45, 7) is 7.49. The van der Waals surface area contributed by atoms with E-state index in [4.69, 9.17) is 0 Å². The second-order valence-corrected chi connectivity index (χ2v) is 9.93. The van der Waals surface area contributed by atoms with Crippen LogP contribution in [0.1, 0.15) is 130 Å². The molecule has 2 aliphatic rings. The first-order valence-electron chi connectivity index (χ1n) is 12.2. The van der Waals surface area contributed by atoms with Gasteiger partial charge in [0.1, 0.15) is 0 Å². The first-order chi connectivity index (χ1) is 12.2. The molecular formula is C25H48. The Labute approximate surface area is 159 Å². The van der Waals surface area contributed by atoms with Crippen molar-refractivity contribution in [3.8, 4) is 0 Å². The second kappa shape index (κ2) is 12.4. The van der Waals surface area contributed by atoms with Crippen molar-refractivity contribution in [1.82, 2.24) is 0 Å². The van der Waals surface area contributed by atoms with Crippen LogP contribution in [0.5, 0.6) is 0 Å². The Morgan fingerprint density at radius 3 is 1.80 bits per heavy atom. The zero-order chi connectivity index (χ0) is 17.9. The van der Waals surface area contributed by atoms with Crippen LogP contribution in [0.25, 0.3) is 0 Å². The van der Waals surface area contributed by atoms with E-state index >= 15 is 0 Å². The van der Waals surface area contributed by atoms with Gasteiger partial charge in [-0.2, -0.15) is 0 Å². The van der Waals surface area contributed by atoms with Crippen LogP contribution in [-0.2, 0) is 0 Å². The zero-order valence-corrected chi connectivity index (χ0v) is 17.9. The van der Waals surface area contributed by atoms with E-state index in [-0.39, 0.29) is 0 Å². The predicted octanol–water partition coefficient (Wildman–Crippen LogP) is 8.79. The smallest absolute Gasteiger partial charge is 0.0360 e. The lowest BCUT2D eigenvalue weighted by atomic mass is 9.67. The van der Waals surface area contributed by atoms with Crippen molar-refractivity contribution in [2.75, 3.05) is 0 Å². The number of hydrogen-bond acceptors (Lipinski definition) is 0. The lowest BCUT2D eigenvalue weighted by Crippen LogP contribution is -2.28. The Morgan fingerprint density at radius 1 is 0.600 bits per heavy atom. The molecule has 0 saturated heterocycles. The summed E-state index contributed by atoms with van der Waals surface area (Å²) in [7, 11) is 0. The highest BCUT2D eigenvalue weighted by Crippen LogP contribution is 2.41. The Morgan fingerprint density at radius 2 is 1.16 bits per heavy atom. The van der Waals surface area contributed by atoms with E-state index in [9.17, 15) is 0 Å². The summed E-state index contributed by atoms with van der Waals surface area (Å²) >= 11 is 0. The van der Waals surface area contributed by atoms with Crippen LogP contribution < -0.4 is 0 Å². The quantitative estimate of drug-likeness (QED) is 0.467. The van der Waals surface area contributed by atoms with E-state index in [1.807, 2.05) is 0 Å². The summed E-state index contributed by atoms with van der Waals surface area (Å²) in [5.74, 6) is 5.09. The molecule has 2 aliphatic carbocycles. The largest absolute Gasteiger partial charge is 0.0651 e. The third kappa shape index (κ3) is 8.04. The third-order valence-electron chi connectivity index (χ3n) is 7.81.